The van der Waals surface area contributed by atoms with Crippen LogP contribution in [-0.4, -0.2) is 81.7 Å². The van der Waals surface area contributed by atoms with E-state index in [9.17, 15) is 4.79 Å². The lowest BCUT2D eigenvalue weighted by atomic mass is 10.0. The topological polar surface area (TPSA) is 111 Å². The molecule has 2 aliphatic heterocycles. The van der Waals surface area contributed by atoms with E-state index in [4.69, 9.17) is 14.2 Å². The van der Waals surface area contributed by atoms with Crippen LogP contribution in [0.1, 0.15) is 35.5 Å². The third kappa shape index (κ3) is 5.25. The van der Waals surface area contributed by atoms with Gasteiger partial charge in [-0.05, 0) is 63.7 Å². The fourth-order valence-corrected chi connectivity index (χ4v) is 5.42. The number of tetrazole rings is 1. The number of benzene rings is 2. The van der Waals surface area contributed by atoms with Gasteiger partial charge in [-0.15, -0.1) is 5.10 Å². The van der Waals surface area contributed by atoms with E-state index >= 15 is 0 Å². The fraction of sp³-hybridized carbons (Fsp3) is 0.429. The number of piperazine rings is 1. The van der Waals surface area contributed by atoms with E-state index < -0.39 is 0 Å². The summed E-state index contributed by atoms with van der Waals surface area (Å²) in [6, 6.07) is 13.9. The zero-order valence-electron chi connectivity index (χ0n) is 22.3. The second-order valence-electron chi connectivity index (χ2n) is 9.98. The number of hydrogen-bond acceptors (Lipinski definition) is 9. The Morgan fingerprint density at radius 2 is 1.85 bits per heavy atom. The molecule has 0 spiro atoms. The molecule has 4 aromatic rings. The first-order valence-corrected chi connectivity index (χ1v) is 13.4. The monoisotopic (exact) mass is 531 g/mol. The van der Waals surface area contributed by atoms with E-state index in [1.165, 1.54) is 11.1 Å². The molecule has 0 radical (unpaired) electrons. The second kappa shape index (κ2) is 11.1. The maximum absolute atomic E-state index is 13.5. The molecule has 0 bridgehead atoms. The summed E-state index contributed by atoms with van der Waals surface area (Å²) in [5.74, 6) is 2.24. The number of fused-ring (bicyclic) bond motifs is 2. The lowest BCUT2D eigenvalue weighted by Gasteiger charge is -2.38. The third-order valence-corrected chi connectivity index (χ3v) is 7.57. The Kier molecular flexibility index (Phi) is 7.27. The molecule has 1 atom stereocenters. The predicted octanol–water partition coefficient (Wildman–Crippen LogP) is 2.36. The van der Waals surface area contributed by atoms with Gasteiger partial charge < -0.3 is 19.2 Å². The molecular weight excluding hydrogens is 498 g/mol. The van der Waals surface area contributed by atoms with E-state index in [1.54, 1.807) is 11.8 Å². The van der Waals surface area contributed by atoms with Gasteiger partial charge in [0.25, 0.3) is 5.56 Å². The Morgan fingerprint density at radius 3 is 2.67 bits per heavy atom. The van der Waals surface area contributed by atoms with Gasteiger partial charge in [-0.1, -0.05) is 19.1 Å². The van der Waals surface area contributed by atoms with Crippen LogP contribution in [-0.2, 0) is 24.2 Å². The molecule has 39 heavy (non-hydrogen) atoms. The van der Waals surface area contributed by atoms with Crippen LogP contribution in [0.3, 0.4) is 0 Å². The van der Waals surface area contributed by atoms with Crippen molar-refractivity contribution in [2.75, 3.05) is 46.7 Å². The molecule has 4 heterocycles. The number of nitrogens with zero attached hydrogens (tertiary/aromatic N) is 6. The highest BCUT2D eigenvalue weighted by Crippen LogP contribution is 2.33. The van der Waals surface area contributed by atoms with Crippen LogP contribution < -0.4 is 15.0 Å². The van der Waals surface area contributed by atoms with Gasteiger partial charge in [0, 0.05) is 50.9 Å². The number of rotatable bonds is 9. The minimum absolute atomic E-state index is 0.124. The number of aromatic amines is 1. The zero-order chi connectivity index (χ0) is 26.8. The summed E-state index contributed by atoms with van der Waals surface area (Å²) in [7, 11) is 1.65. The summed E-state index contributed by atoms with van der Waals surface area (Å²) in [6.07, 6.45) is 0.925. The number of aromatic nitrogens is 5. The maximum atomic E-state index is 13.5. The van der Waals surface area contributed by atoms with Gasteiger partial charge in [0.2, 0.25) is 6.79 Å². The first-order chi connectivity index (χ1) is 19.1. The van der Waals surface area contributed by atoms with Crippen LogP contribution in [0.25, 0.3) is 10.9 Å². The number of aryl methyl sites for hydroxylation is 1. The zero-order valence-corrected chi connectivity index (χ0v) is 22.3. The molecule has 0 aliphatic carbocycles. The molecule has 0 unspecified atom stereocenters. The second-order valence-corrected chi connectivity index (χ2v) is 9.98. The number of methoxy groups -OCH3 is 1. The van der Waals surface area contributed by atoms with Crippen LogP contribution >= 0.6 is 0 Å². The van der Waals surface area contributed by atoms with Crippen LogP contribution in [0.5, 0.6) is 11.5 Å². The van der Waals surface area contributed by atoms with Crippen LogP contribution in [0, 0.1) is 0 Å². The SMILES string of the molecule is CCc1ccc2[nH]c(=O)c([C@@H](c3nnnn3CCOC)N3CCN(Cc4ccc5c(c4)OCO5)CC3)cc2c1. The van der Waals surface area contributed by atoms with Gasteiger partial charge in [0.15, 0.2) is 17.3 Å². The smallest absolute Gasteiger partial charge is 0.253 e. The summed E-state index contributed by atoms with van der Waals surface area (Å²) in [4.78, 5) is 21.3. The van der Waals surface area contributed by atoms with E-state index in [-0.39, 0.29) is 18.4 Å². The van der Waals surface area contributed by atoms with E-state index in [2.05, 4.69) is 61.5 Å². The van der Waals surface area contributed by atoms with E-state index in [1.807, 2.05) is 18.2 Å². The summed E-state index contributed by atoms with van der Waals surface area (Å²) in [5, 5.41) is 13.6. The van der Waals surface area contributed by atoms with Crippen molar-refractivity contribution in [3.8, 4) is 11.5 Å². The van der Waals surface area contributed by atoms with Crippen molar-refractivity contribution in [2.45, 2.75) is 32.5 Å². The van der Waals surface area contributed by atoms with Gasteiger partial charge in [-0.2, -0.15) is 0 Å². The Bertz CT molecular complexity index is 1510. The van der Waals surface area contributed by atoms with Crippen LogP contribution in [0.2, 0.25) is 0 Å². The van der Waals surface area contributed by atoms with Gasteiger partial charge in [0.1, 0.15) is 6.04 Å². The van der Waals surface area contributed by atoms with Gasteiger partial charge in [-0.25, -0.2) is 4.68 Å². The Morgan fingerprint density at radius 1 is 1.03 bits per heavy atom. The summed E-state index contributed by atoms with van der Waals surface area (Å²) < 4.78 is 18.0. The number of pyridine rings is 1. The third-order valence-electron chi connectivity index (χ3n) is 7.57. The highest BCUT2D eigenvalue weighted by molar-refractivity contribution is 5.80. The van der Waals surface area contributed by atoms with Gasteiger partial charge >= 0.3 is 0 Å². The summed E-state index contributed by atoms with van der Waals surface area (Å²) >= 11 is 0. The lowest BCUT2D eigenvalue weighted by molar-refractivity contribution is 0.0984. The maximum Gasteiger partial charge on any atom is 0.253 e. The predicted molar refractivity (Wildman–Crippen MR) is 145 cm³/mol. The first kappa shape index (κ1) is 25.5. The van der Waals surface area contributed by atoms with Crippen molar-refractivity contribution < 1.29 is 14.2 Å². The lowest BCUT2D eigenvalue weighted by Crippen LogP contribution is -2.48. The number of hydrogen-bond donors (Lipinski definition) is 1. The fourth-order valence-electron chi connectivity index (χ4n) is 5.42. The highest BCUT2D eigenvalue weighted by atomic mass is 16.7. The van der Waals surface area contributed by atoms with Crippen LogP contribution in [0.4, 0.5) is 0 Å². The highest BCUT2D eigenvalue weighted by Gasteiger charge is 2.32. The normalized spacial score (nSPS) is 16.7. The number of H-pyrrole nitrogens is 1. The van der Waals surface area contributed by atoms with Crippen molar-refractivity contribution in [2.24, 2.45) is 0 Å². The molecule has 6 rings (SSSR count). The molecule has 1 fully saturated rings. The molecule has 2 aromatic carbocycles. The van der Waals surface area contributed by atoms with Gasteiger partial charge in [0.05, 0.1) is 13.2 Å². The molecule has 2 aliphatic rings. The van der Waals surface area contributed by atoms with Crippen molar-refractivity contribution in [3.63, 3.8) is 0 Å². The minimum atomic E-state index is -0.386. The van der Waals surface area contributed by atoms with E-state index in [0.29, 0.717) is 24.5 Å². The Balaban J connectivity index is 1.28. The van der Waals surface area contributed by atoms with Crippen molar-refractivity contribution in [3.05, 3.63) is 75.3 Å². The minimum Gasteiger partial charge on any atom is -0.454 e. The molecule has 1 N–H and O–H groups in total. The largest absolute Gasteiger partial charge is 0.454 e. The summed E-state index contributed by atoms with van der Waals surface area (Å²) in [6.45, 7) is 7.41. The van der Waals surface area contributed by atoms with Crippen molar-refractivity contribution in [1.82, 2.24) is 35.0 Å². The number of nitrogens with one attached hydrogen (secondary N) is 1. The van der Waals surface area contributed by atoms with Crippen LogP contribution in [0.15, 0.2) is 47.3 Å². The van der Waals surface area contributed by atoms with Crippen molar-refractivity contribution in [1.29, 1.82) is 0 Å². The standard InChI is InChI=1S/C28H33N7O4/c1-3-19-4-6-23-21(14-19)16-22(28(36)29-23)26(27-30-31-32-35(27)12-13-37-2)34-10-8-33(9-11-34)17-20-5-7-24-25(15-20)39-18-38-24/h4-7,14-16,26H,3,8-13,17-18H2,1-2H3,(H,29,36)/t26-/m0/s1. The Hall–Kier alpha value is -3.80. The molecule has 0 amide bonds. The Labute approximate surface area is 226 Å². The molecule has 204 valence electrons. The average Bonchev–Trinajstić information content (AvgIpc) is 3.62. The molecule has 11 heteroatoms. The summed E-state index contributed by atoms with van der Waals surface area (Å²) in [5.41, 5.74) is 3.76. The average molecular weight is 532 g/mol. The van der Waals surface area contributed by atoms with Crippen molar-refractivity contribution >= 4 is 10.9 Å². The molecule has 2 aromatic heterocycles. The molecular formula is C28H33N7O4. The molecule has 11 nitrogen and oxygen atoms in total. The number of ether oxygens (including phenoxy) is 3. The van der Waals surface area contributed by atoms with E-state index in [0.717, 1.165) is 61.5 Å². The first-order valence-electron chi connectivity index (χ1n) is 13.4. The van der Waals surface area contributed by atoms with Gasteiger partial charge in [-0.3, -0.25) is 14.6 Å². The quantitative estimate of drug-likeness (QED) is 0.348. The molecule has 0 saturated carbocycles. The molecule has 1 saturated heterocycles.